The van der Waals surface area contributed by atoms with Crippen LogP contribution in [0.5, 0.6) is 0 Å². The maximum Gasteiger partial charge on any atom is 0.241 e. The second kappa shape index (κ2) is 5.25. The third-order valence-corrected chi connectivity index (χ3v) is 2.83. The molecule has 0 aliphatic carbocycles. The number of hydrogen-bond acceptors (Lipinski definition) is 7. The van der Waals surface area contributed by atoms with E-state index < -0.39 is 0 Å². The Bertz CT molecular complexity index is 672. The quantitative estimate of drug-likeness (QED) is 0.688. The summed E-state index contributed by atoms with van der Waals surface area (Å²) in [5.74, 6) is 2.45. The lowest BCUT2D eigenvalue weighted by atomic mass is 10.4. The van der Waals surface area contributed by atoms with Crippen LogP contribution in [-0.4, -0.2) is 36.9 Å². The first kappa shape index (κ1) is 12.5. The van der Waals surface area contributed by atoms with Crippen LogP contribution in [0.15, 0.2) is 33.7 Å². The highest BCUT2D eigenvalue weighted by atomic mass is 16.5. The third-order valence-electron chi connectivity index (χ3n) is 2.83. The Kier molecular flexibility index (Phi) is 3.30. The predicted octanol–water partition coefficient (Wildman–Crippen LogP) is 1.09. The molecule has 104 valence electrons. The highest BCUT2D eigenvalue weighted by molar-refractivity contribution is 5.44. The minimum absolute atomic E-state index is 0.456. The van der Waals surface area contributed by atoms with E-state index in [1.54, 1.807) is 23.1 Å². The van der Waals surface area contributed by atoms with Crippen LogP contribution >= 0.6 is 0 Å². The van der Waals surface area contributed by atoms with Gasteiger partial charge in [-0.05, 0) is 19.2 Å². The molecule has 3 aromatic heterocycles. The summed E-state index contributed by atoms with van der Waals surface area (Å²) in [6.07, 6.45) is 3.11. The molecule has 0 spiro atoms. The molecule has 0 unspecified atom stereocenters. The molecule has 0 N–H and O–H groups in total. The molecule has 0 aliphatic rings. The van der Waals surface area contributed by atoms with Gasteiger partial charge in [0, 0.05) is 7.05 Å². The summed E-state index contributed by atoms with van der Waals surface area (Å²) in [6, 6.07) is 3.57. The highest BCUT2D eigenvalue weighted by Gasteiger charge is 2.13. The average molecular weight is 274 g/mol. The Balaban J connectivity index is 1.65. The molecule has 8 heteroatoms. The molecule has 0 saturated carbocycles. The van der Waals surface area contributed by atoms with Crippen LogP contribution in [0.1, 0.15) is 11.7 Å². The second-order valence-electron chi connectivity index (χ2n) is 4.46. The maximum atomic E-state index is 5.22. The van der Waals surface area contributed by atoms with E-state index in [-0.39, 0.29) is 0 Å². The SMILES string of the molecule is CN(Cc1nc(-c2ccco2)no1)Cc1ncnn1C. The van der Waals surface area contributed by atoms with Crippen LogP contribution < -0.4 is 0 Å². The molecule has 3 rings (SSSR count). The van der Waals surface area contributed by atoms with Crippen molar-refractivity contribution < 1.29 is 8.94 Å². The van der Waals surface area contributed by atoms with E-state index in [2.05, 4.69) is 20.2 Å². The molecular weight excluding hydrogens is 260 g/mol. The second-order valence-corrected chi connectivity index (χ2v) is 4.46. The van der Waals surface area contributed by atoms with E-state index in [1.807, 2.05) is 19.0 Å². The van der Waals surface area contributed by atoms with Gasteiger partial charge in [0.15, 0.2) is 5.76 Å². The van der Waals surface area contributed by atoms with E-state index in [9.17, 15) is 0 Å². The molecule has 20 heavy (non-hydrogen) atoms. The summed E-state index contributed by atoms with van der Waals surface area (Å²) in [4.78, 5) is 10.5. The first-order valence-corrected chi connectivity index (χ1v) is 6.10. The Labute approximate surface area is 115 Å². The summed E-state index contributed by atoms with van der Waals surface area (Å²) in [6.45, 7) is 1.18. The van der Waals surface area contributed by atoms with Gasteiger partial charge in [0.2, 0.25) is 11.7 Å². The Hall–Kier alpha value is -2.48. The lowest BCUT2D eigenvalue weighted by Crippen LogP contribution is -2.20. The molecule has 0 saturated heterocycles. The number of hydrogen-bond donors (Lipinski definition) is 0. The zero-order valence-electron chi connectivity index (χ0n) is 11.2. The molecule has 3 heterocycles. The van der Waals surface area contributed by atoms with Crippen molar-refractivity contribution in [3.05, 3.63) is 36.4 Å². The molecule has 3 aromatic rings. The zero-order valence-corrected chi connectivity index (χ0v) is 11.2. The van der Waals surface area contributed by atoms with Gasteiger partial charge in [-0.1, -0.05) is 5.16 Å². The zero-order chi connectivity index (χ0) is 13.9. The number of aryl methyl sites for hydroxylation is 1. The van der Waals surface area contributed by atoms with Gasteiger partial charge < -0.3 is 8.94 Å². The fourth-order valence-electron chi connectivity index (χ4n) is 1.82. The summed E-state index contributed by atoms with van der Waals surface area (Å²) in [5, 5.41) is 7.92. The van der Waals surface area contributed by atoms with Crippen LogP contribution in [0, 0.1) is 0 Å². The van der Waals surface area contributed by atoms with Crippen molar-refractivity contribution in [2.24, 2.45) is 7.05 Å². The highest BCUT2D eigenvalue weighted by Crippen LogP contribution is 2.16. The number of nitrogens with zero attached hydrogens (tertiary/aromatic N) is 6. The van der Waals surface area contributed by atoms with Crippen LogP contribution in [-0.2, 0) is 20.1 Å². The Morgan fingerprint density at radius 2 is 2.25 bits per heavy atom. The van der Waals surface area contributed by atoms with Crippen molar-refractivity contribution in [3.63, 3.8) is 0 Å². The van der Waals surface area contributed by atoms with Crippen molar-refractivity contribution in [1.82, 2.24) is 29.8 Å². The first-order chi connectivity index (χ1) is 9.72. The van der Waals surface area contributed by atoms with Gasteiger partial charge in [0.25, 0.3) is 0 Å². The molecule has 0 bridgehead atoms. The van der Waals surface area contributed by atoms with Crippen molar-refractivity contribution in [2.75, 3.05) is 7.05 Å². The van der Waals surface area contributed by atoms with Gasteiger partial charge in [-0.2, -0.15) is 10.1 Å². The molecule has 0 aromatic carbocycles. The normalized spacial score (nSPS) is 11.3. The molecule has 0 radical (unpaired) electrons. The topological polar surface area (TPSA) is 86.0 Å². The lowest BCUT2D eigenvalue weighted by Gasteiger charge is -2.12. The minimum atomic E-state index is 0.456. The molecule has 0 fully saturated rings. The van der Waals surface area contributed by atoms with Crippen molar-refractivity contribution in [3.8, 4) is 11.6 Å². The molecule has 8 nitrogen and oxygen atoms in total. The monoisotopic (exact) mass is 274 g/mol. The van der Waals surface area contributed by atoms with Gasteiger partial charge >= 0.3 is 0 Å². The van der Waals surface area contributed by atoms with Crippen molar-refractivity contribution >= 4 is 0 Å². The summed E-state index contributed by atoms with van der Waals surface area (Å²) in [5.41, 5.74) is 0. The standard InChI is InChI=1S/C12H14N6O2/c1-17(6-10-13-8-14-18(10)2)7-11-15-12(16-20-11)9-4-3-5-19-9/h3-5,8H,6-7H2,1-2H3. The van der Waals surface area contributed by atoms with Crippen LogP contribution in [0.4, 0.5) is 0 Å². The van der Waals surface area contributed by atoms with Crippen LogP contribution in [0.2, 0.25) is 0 Å². The van der Waals surface area contributed by atoms with Gasteiger partial charge in [0.05, 0.1) is 19.4 Å². The van der Waals surface area contributed by atoms with E-state index in [0.29, 0.717) is 30.6 Å². The molecular formula is C12H14N6O2. The minimum Gasteiger partial charge on any atom is -0.461 e. The van der Waals surface area contributed by atoms with E-state index >= 15 is 0 Å². The predicted molar refractivity (Wildman–Crippen MR) is 68.2 cm³/mol. The van der Waals surface area contributed by atoms with E-state index in [4.69, 9.17) is 8.94 Å². The van der Waals surface area contributed by atoms with Crippen LogP contribution in [0.25, 0.3) is 11.6 Å². The van der Waals surface area contributed by atoms with Gasteiger partial charge in [-0.25, -0.2) is 4.98 Å². The fraction of sp³-hybridized carbons (Fsp3) is 0.333. The average Bonchev–Trinajstić information content (AvgIpc) is 3.12. The Morgan fingerprint density at radius 1 is 1.35 bits per heavy atom. The first-order valence-electron chi connectivity index (χ1n) is 6.10. The third kappa shape index (κ3) is 2.59. The summed E-state index contributed by atoms with van der Waals surface area (Å²) >= 11 is 0. The Morgan fingerprint density at radius 3 is 2.95 bits per heavy atom. The van der Waals surface area contributed by atoms with Crippen LogP contribution in [0.3, 0.4) is 0 Å². The summed E-state index contributed by atoms with van der Waals surface area (Å²) < 4.78 is 12.2. The smallest absolute Gasteiger partial charge is 0.241 e. The van der Waals surface area contributed by atoms with Crippen molar-refractivity contribution in [2.45, 2.75) is 13.1 Å². The molecule has 0 aliphatic heterocycles. The fourth-order valence-corrected chi connectivity index (χ4v) is 1.82. The number of furan rings is 1. The van der Waals surface area contributed by atoms with Gasteiger partial charge in [-0.3, -0.25) is 9.58 Å². The summed E-state index contributed by atoms with van der Waals surface area (Å²) in [7, 11) is 3.81. The number of aromatic nitrogens is 5. The van der Waals surface area contributed by atoms with E-state index in [1.165, 1.54) is 6.33 Å². The maximum absolute atomic E-state index is 5.22. The number of rotatable bonds is 5. The largest absolute Gasteiger partial charge is 0.461 e. The van der Waals surface area contributed by atoms with Gasteiger partial charge in [-0.15, -0.1) is 0 Å². The molecule has 0 amide bonds. The van der Waals surface area contributed by atoms with E-state index in [0.717, 1.165) is 5.82 Å². The molecule has 0 atom stereocenters. The van der Waals surface area contributed by atoms with Gasteiger partial charge in [0.1, 0.15) is 12.2 Å². The lowest BCUT2D eigenvalue weighted by molar-refractivity contribution is 0.253. The van der Waals surface area contributed by atoms with Crippen molar-refractivity contribution in [1.29, 1.82) is 0 Å².